The van der Waals surface area contributed by atoms with Crippen LogP contribution in [0.4, 0.5) is 5.69 Å². The van der Waals surface area contributed by atoms with E-state index in [1.807, 2.05) is 42.6 Å². The van der Waals surface area contributed by atoms with E-state index < -0.39 is 0 Å². The first-order valence-corrected chi connectivity index (χ1v) is 12.8. The van der Waals surface area contributed by atoms with E-state index in [1.54, 1.807) is 29.3 Å². The van der Waals surface area contributed by atoms with Crippen molar-refractivity contribution in [2.24, 2.45) is 0 Å². The third-order valence-corrected chi connectivity index (χ3v) is 6.99. The van der Waals surface area contributed by atoms with Crippen molar-refractivity contribution in [2.75, 3.05) is 5.32 Å². The number of anilines is 1. The van der Waals surface area contributed by atoms with E-state index in [-0.39, 0.29) is 11.8 Å². The summed E-state index contributed by atoms with van der Waals surface area (Å²) in [6, 6.07) is 19.3. The van der Waals surface area contributed by atoms with Crippen LogP contribution in [0.5, 0.6) is 11.5 Å². The molecule has 3 heterocycles. The molecule has 2 aliphatic carbocycles. The monoisotopic (exact) mass is 500 g/mol. The molecule has 0 saturated heterocycles. The number of amides is 1. The smallest absolute Gasteiger partial charge is 0.259 e. The second-order valence-electron chi connectivity index (χ2n) is 9.57. The molecule has 0 aliphatic heterocycles. The van der Waals surface area contributed by atoms with Gasteiger partial charge >= 0.3 is 0 Å². The molecule has 7 rings (SSSR count). The van der Waals surface area contributed by atoms with E-state index in [0.29, 0.717) is 28.7 Å². The third-order valence-electron chi connectivity index (χ3n) is 6.99. The second-order valence-corrected chi connectivity index (χ2v) is 9.57. The third kappa shape index (κ3) is 4.10. The van der Waals surface area contributed by atoms with Crippen molar-refractivity contribution < 1.29 is 9.53 Å². The molecule has 1 amide bonds. The summed E-state index contributed by atoms with van der Waals surface area (Å²) in [6.07, 6.45) is 10.7. The van der Waals surface area contributed by atoms with Crippen molar-refractivity contribution in [3.63, 3.8) is 0 Å². The number of para-hydroxylation sites is 2. The molecular formula is C30H24N6O2. The van der Waals surface area contributed by atoms with Gasteiger partial charge in [0.1, 0.15) is 5.75 Å². The van der Waals surface area contributed by atoms with Crippen molar-refractivity contribution in [1.82, 2.24) is 24.7 Å². The summed E-state index contributed by atoms with van der Waals surface area (Å²) >= 11 is 0. The Morgan fingerprint density at radius 3 is 2.63 bits per heavy atom. The largest absolute Gasteiger partial charge is 0.454 e. The molecule has 2 aromatic carbocycles. The molecular weight excluding hydrogens is 476 g/mol. The number of carbonyl (C=O) groups is 1. The van der Waals surface area contributed by atoms with Gasteiger partial charge < -0.3 is 10.1 Å². The van der Waals surface area contributed by atoms with Gasteiger partial charge in [-0.1, -0.05) is 36.4 Å². The summed E-state index contributed by atoms with van der Waals surface area (Å²) < 4.78 is 7.71. The lowest BCUT2D eigenvalue weighted by Crippen LogP contribution is -2.16. The van der Waals surface area contributed by atoms with E-state index in [4.69, 9.17) is 9.72 Å². The number of fused-ring (bicyclic) bond motifs is 3. The van der Waals surface area contributed by atoms with Crippen LogP contribution in [0.15, 0.2) is 85.5 Å². The molecule has 186 valence electrons. The maximum absolute atomic E-state index is 13.5. The maximum Gasteiger partial charge on any atom is 0.259 e. The quantitative estimate of drug-likeness (QED) is 0.319. The molecule has 1 saturated carbocycles. The fourth-order valence-corrected chi connectivity index (χ4v) is 4.98. The van der Waals surface area contributed by atoms with Gasteiger partial charge in [-0.15, -0.1) is 0 Å². The summed E-state index contributed by atoms with van der Waals surface area (Å²) in [4.78, 5) is 27.2. The molecule has 0 bridgehead atoms. The van der Waals surface area contributed by atoms with E-state index in [0.717, 1.165) is 48.2 Å². The van der Waals surface area contributed by atoms with Crippen molar-refractivity contribution in [1.29, 1.82) is 0 Å². The zero-order chi connectivity index (χ0) is 25.5. The molecule has 8 nitrogen and oxygen atoms in total. The average molecular weight is 501 g/mol. The lowest BCUT2D eigenvalue weighted by atomic mass is 9.90. The van der Waals surface area contributed by atoms with E-state index in [9.17, 15) is 4.79 Å². The van der Waals surface area contributed by atoms with Gasteiger partial charge in [0.2, 0.25) is 0 Å². The lowest BCUT2D eigenvalue weighted by Gasteiger charge is -2.19. The minimum absolute atomic E-state index is 0.243. The number of nitrogens with one attached hydrogen (secondary N) is 1. The van der Waals surface area contributed by atoms with Gasteiger partial charge in [0, 0.05) is 23.9 Å². The van der Waals surface area contributed by atoms with Crippen molar-refractivity contribution in [3.8, 4) is 28.7 Å². The van der Waals surface area contributed by atoms with Crippen molar-refractivity contribution in [3.05, 3.63) is 108 Å². The maximum atomic E-state index is 13.5. The number of carbonyl (C=O) groups excluding carboxylic acids is 1. The summed E-state index contributed by atoms with van der Waals surface area (Å²) in [5.41, 5.74) is 6.44. The number of ether oxygens (including phenoxy) is 1. The van der Waals surface area contributed by atoms with Gasteiger partial charge in [-0.25, -0.2) is 14.6 Å². The van der Waals surface area contributed by atoms with Crippen LogP contribution in [0.25, 0.3) is 17.2 Å². The summed E-state index contributed by atoms with van der Waals surface area (Å²) in [5.74, 6) is 1.61. The number of hydrogen-bond donors (Lipinski definition) is 1. The van der Waals surface area contributed by atoms with Crippen LogP contribution in [0.1, 0.15) is 45.9 Å². The van der Waals surface area contributed by atoms with Crippen molar-refractivity contribution in [2.45, 2.75) is 31.6 Å². The van der Waals surface area contributed by atoms with E-state index in [2.05, 4.69) is 38.6 Å². The van der Waals surface area contributed by atoms with Crippen LogP contribution in [0, 0.1) is 0 Å². The van der Waals surface area contributed by atoms with Gasteiger partial charge in [0.25, 0.3) is 11.9 Å². The molecule has 2 aliphatic rings. The van der Waals surface area contributed by atoms with Crippen LogP contribution >= 0.6 is 0 Å². The standard InChI is InChI=1S/C30H24N6O2/c37-29(34-25-9-3-4-10-26(25)38-22-7-5-15-31-17-22)24-18-33-36(28(24)20-12-13-20)30-32-16-21-14-11-19-6-1-2-8-23(19)27(21)35-30/h1-10,15-18,20H,11-14H2,(H,34,37). The minimum atomic E-state index is -0.247. The number of benzene rings is 2. The second kappa shape index (κ2) is 9.23. The average Bonchev–Trinajstić information content (AvgIpc) is 3.71. The van der Waals surface area contributed by atoms with Gasteiger partial charge in [0.15, 0.2) is 5.75 Å². The molecule has 0 unspecified atom stereocenters. The van der Waals surface area contributed by atoms with Crippen LogP contribution in [0.2, 0.25) is 0 Å². The normalized spacial score (nSPS) is 13.9. The predicted octanol–water partition coefficient (Wildman–Crippen LogP) is 5.74. The Morgan fingerprint density at radius 1 is 0.921 bits per heavy atom. The molecule has 1 fully saturated rings. The van der Waals surface area contributed by atoms with Crippen LogP contribution < -0.4 is 10.1 Å². The Hall–Kier alpha value is -4.85. The highest BCUT2D eigenvalue weighted by molar-refractivity contribution is 6.06. The Bertz CT molecular complexity index is 1660. The fraction of sp³-hybridized carbons (Fsp3) is 0.167. The summed E-state index contributed by atoms with van der Waals surface area (Å²) in [6.45, 7) is 0. The highest BCUT2D eigenvalue weighted by atomic mass is 16.5. The first-order chi connectivity index (χ1) is 18.7. The first kappa shape index (κ1) is 22.4. The zero-order valence-electron chi connectivity index (χ0n) is 20.5. The van der Waals surface area contributed by atoms with E-state index >= 15 is 0 Å². The highest BCUT2D eigenvalue weighted by Crippen LogP contribution is 2.43. The van der Waals surface area contributed by atoms with Gasteiger partial charge in [-0.3, -0.25) is 9.78 Å². The fourth-order valence-electron chi connectivity index (χ4n) is 4.98. The SMILES string of the molecule is O=C(Nc1ccccc1Oc1cccnc1)c1cnn(-c2ncc3c(n2)-c2ccccc2CC3)c1C1CC1. The topological polar surface area (TPSA) is 94.8 Å². The lowest BCUT2D eigenvalue weighted by molar-refractivity contribution is 0.102. The molecule has 3 aromatic heterocycles. The Morgan fingerprint density at radius 2 is 1.76 bits per heavy atom. The molecule has 5 aromatic rings. The molecule has 0 radical (unpaired) electrons. The predicted molar refractivity (Wildman–Crippen MR) is 143 cm³/mol. The highest BCUT2D eigenvalue weighted by Gasteiger charge is 2.34. The number of aromatic nitrogens is 5. The van der Waals surface area contributed by atoms with Crippen LogP contribution in [0.3, 0.4) is 0 Å². The number of rotatable bonds is 6. The molecule has 0 spiro atoms. The number of nitrogens with zero attached hydrogens (tertiary/aromatic N) is 5. The van der Waals surface area contributed by atoms with Crippen molar-refractivity contribution >= 4 is 11.6 Å². The van der Waals surface area contributed by atoms with Gasteiger partial charge in [0.05, 0.1) is 35.0 Å². The van der Waals surface area contributed by atoms with Crippen LogP contribution in [-0.2, 0) is 12.8 Å². The van der Waals surface area contributed by atoms with E-state index in [1.165, 1.54) is 5.56 Å². The molecule has 8 heteroatoms. The number of hydrogen-bond acceptors (Lipinski definition) is 6. The number of pyridine rings is 1. The zero-order valence-corrected chi connectivity index (χ0v) is 20.5. The minimum Gasteiger partial charge on any atom is -0.454 e. The Balaban J connectivity index is 1.22. The summed E-state index contributed by atoms with van der Waals surface area (Å²) in [7, 11) is 0. The van der Waals surface area contributed by atoms with Gasteiger partial charge in [-0.2, -0.15) is 5.10 Å². The Kier molecular flexibility index (Phi) is 5.43. The molecule has 38 heavy (non-hydrogen) atoms. The van der Waals surface area contributed by atoms with Gasteiger partial charge in [-0.05, 0) is 61.1 Å². The molecule has 1 N–H and O–H groups in total. The first-order valence-electron chi connectivity index (χ1n) is 12.8. The molecule has 0 atom stereocenters. The van der Waals surface area contributed by atoms with Crippen LogP contribution in [-0.4, -0.2) is 30.6 Å². The summed E-state index contributed by atoms with van der Waals surface area (Å²) in [5, 5.41) is 7.62. The number of aryl methyl sites for hydroxylation is 2. The Labute approximate surface area is 219 Å².